The van der Waals surface area contributed by atoms with Crippen molar-refractivity contribution < 1.29 is 19.8 Å². The Balaban J connectivity index is 3.21. The topological polar surface area (TPSA) is 101 Å². The summed E-state index contributed by atoms with van der Waals surface area (Å²) >= 11 is 0. The fourth-order valence-corrected chi connectivity index (χ4v) is 1.67. The minimum Gasteiger partial charge on any atom is -0.481 e. The molecule has 0 aliphatic carbocycles. The summed E-state index contributed by atoms with van der Waals surface area (Å²) in [6.07, 6.45) is 6.52. The van der Waals surface area contributed by atoms with Gasteiger partial charge in [-0.25, -0.2) is 0 Å². The van der Waals surface area contributed by atoms with E-state index in [0.717, 1.165) is 38.5 Å². The zero-order chi connectivity index (χ0) is 13.1. The Hall–Kier alpha value is -1.10. The third-order valence-corrected chi connectivity index (χ3v) is 2.69. The van der Waals surface area contributed by atoms with E-state index in [1.807, 2.05) is 0 Å². The monoisotopic (exact) mass is 245 g/mol. The molecule has 0 aromatic rings. The molecule has 1 unspecified atom stereocenters. The quantitative estimate of drug-likeness (QED) is 0.483. The second kappa shape index (κ2) is 10.1. The van der Waals surface area contributed by atoms with Crippen molar-refractivity contribution in [1.29, 1.82) is 0 Å². The molecular formula is C12H23NO4. The summed E-state index contributed by atoms with van der Waals surface area (Å²) in [6.45, 7) is 0. The van der Waals surface area contributed by atoms with Crippen LogP contribution >= 0.6 is 0 Å². The van der Waals surface area contributed by atoms with E-state index < -0.39 is 11.9 Å². The van der Waals surface area contributed by atoms with Gasteiger partial charge in [-0.05, 0) is 19.3 Å². The lowest BCUT2D eigenvalue weighted by molar-refractivity contribution is -0.138. The Bertz CT molecular complexity index is 231. The van der Waals surface area contributed by atoms with Crippen LogP contribution in [0.1, 0.15) is 57.8 Å². The van der Waals surface area contributed by atoms with Crippen molar-refractivity contribution in [2.24, 2.45) is 5.73 Å². The first-order valence-electron chi connectivity index (χ1n) is 6.21. The van der Waals surface area contributed by atoms with Crippen LogP contribution in [0.4, 0.5) is 0 Å². The Labute approximate surface area is 102 Å². The van der Waals surface area contributed by atoms with Crippen molar-refractivity contribution in [1.82, 2.24) is 0 Å². The second-order valence-corrected chi connectivity index (χ2v) is 4.39. The smallest absolute Gasteiger partial charge is 0.303 e. The van der Waals surface area contributed by atoms with E-state index in [0.29, 0.717) is 6.42 Å². The Kier molecular flexibility index (Phi) is 9.43. The number of unbranched alkanes of at least 4 members (excludes halogenated alkanes) is 4. The Morgan fingerprint density at radius 1 is 0.824 bits per heavy atom. The molecule has 0 spiro atoms. The Morgan fingerprint density at radius 3 is 1.94 bits per heavy atom. The van der Waals surface area contributed by atoms with Crippen LogP contribution in [0.15, 0.2) is 0 Å². The van der Waals surface area contributed by atoms with Crippen LogP contribution < -0.4 is 5.73 Å². The number of aliphatic carboxylic acids is 2. The van der Waals surface area contributed by atoms with Crippen molar-refractivity contribution in [2.75, 3.05) is 0 Å². The fourth-order valence-electron chi connectivity index (χ4n) is 1.67. The number of carboxylic acids is 2. The Morgan fingerprint density at radius 2 is 1.35 bits per heavy atom. The highest BCUT2D eigenvalue weighted by Crippen LogP contribution is 2.10. The molecule has 0 rings (SSSR count). The average molecular weight is 245 g/mol. The average Bonchev–Trinajstić information content (AvgIpc) is 2.24. The number of hydrogen-bond donors (Lipinski definition) is 3. The van der Waals surface area contributed by atoms with Gasteiger partial charge in [-0.3, -0.25) is 9.59 Å². The minimum absolute atomic E-state index is 0.0230. The molecule has 0 aromatic carbocycles. The van der Waals surface area contributed by atoms with Crippen LogP contribution in [0.2, 0.25) is 0 Å². The lowest BCUT2D eigenvalue weighted by Crippen LogP contribution is -2.20. The van der Waals surface area contributed by atoms with Gasteiger partial charge in [0.1, 0.15) is 0 Å². The number of rotatable bonds is 11. The highest BCUT2D eigenvalue weighted by Gasteiger charge is 2.05. The maximum absolute atomic E-state index is 10.3. The lowest BCUT2D eigenvalue weighted by Gasteiger charge is -2.09. The first kappa shape index (κ1) is 15.9. The largest absolute Gasteiger partial charge is 0.481 e. The van der Waals surface area contributed by atoms with Gasteiger partial charge in [-0.1, -0.05) is 25.7 Å². The van der Waals surface area contributed by atoms with Gasteiger partial charge in [0, 0.05) is 18.9 Å². The third-order valence-electron chi connectivity index (χ3n) is 2.69. The van der Waals surface area contributed by atoms with Gasteiger partial charge in [-0.15, -0.1) is 0 Å². The number of hydrogen-bond acceptors (Lipinski definition) is 3. The van der Waals surface area contributed by atoms with Gasteiger partial charge in [0.15, 0.2) is 0 Å². The molecule has 0 heterocycles. The minimum atomic E-state index is -0.797. The van der Waals surface area contributed by atoms with Crippen LogP contribution in [-0.2, 0) is 9.59 Å². The maximum Gasteiger partial charge on any atom is 0.303 e. The molecule has 4 N–H and O–H groups in total. The first-order chi connectivity index (χ1) is 8.02. The van der Waals surface area contributed by atoms with Crippen LogP contribution in [0.3, 0.4) is 0 Å². The molecule has 0 aliphatic rings. The summed E-state index contributed by atoms with van der Waals surface area (Å²) < 4.78 is 0. The molecule has 0 radical (unpaired) electrons. The molecule has 0 amide bonds. The zero-order valence-electron chi connectivity index (χ0n) is 10.2. The summed E-state index contributed by atoms with van der Waals surface area (Å²) in [5.41, 5.74) is 5.76. The van der Waals surface area contributed by atoms with Gasteiger partial charge in [0.05, 0.1) is 0 Å². The van der Waals surface area contributed by atoms with E-state index >= 15 is 0 Å². The molecule has 0 bridgehead atoms. The van der Waals surface area contributed by atoms with Gasteiger partial charge in [0.2, 0.25) is 0 Å². The van der Waals surface area contributed by atoms with E-state index in [9.17, 15) is 9.59 Å². The van der Waals surface area contributed by atoms with Crippen molar-refractivity contribution in [3.8, 4) is 0 Å². The van der Waals surface area contributed by atoms with Crippen LogP contribution in [0, 0.1) is 0 Å². The molecule has 100 valence electrons. The molecule has 0 fully saturated rings. The highest BCUT2D eigenvalue weighted by atomic mass is 16.4. The third kappa shape index (κ3) is 12.8. The molecule has 0 aliphatic heterocycles. The van der Waals surface area contributed by atoms with E-state index in [-0.39, 0.29) is 18.9 Å². The molecule has 0 saturated heterocycles. The van der Waals surface area contributed by atoms with E-state index in [2.05, 4.69) is 0 Å². The molecule has 5 nitrogen and oxygen atoms in total. The lowest BCUT2D eigenvalue weighted by atomic mass is 10.0. The molecule has 0 saturated carbocycles. The maximum atomic E-state index is 10.3. The summed E-state index contributed by atoms with van der Waals surface area (Å²) in [5, 5.41) is 16.9. The van der Waals surface area contributed by atoms with E-state index in [1.165, 1.54) is 0 Å². The van der Waals surface area contributed by atoms with Gasteiger partial charge in [0.25, 0.3) is 0 Å². The molecule has 1 atom stereocenters. The van der Waals surface area contributed by atoms with Crippen LogP contribution in [-0.4, -0.2) is 28.2 Å². The molecular weight excluding hydrogens is 222 g/mol. The zero-order valence-corrected chi connectivity index (χ0v) is 10.2. The van der Waals surface area contributed by atoms with Crippen molar-refractivity contribution in [3.05, 3.63) is 0 Å². The highest BCUT2D eigenvalue weighted by molar-refractivity contribution is 5.66. The second-order valence-electron chi connectivity index (χ2n) is 4.39. The molecule has 0 aromatic heterocycles. The summed E-state index contributed by atoms with van der Waals surface area (Å²) in [7, 11) is 0. The summed E-state index contributed by atoms with van der Waals surface area (Å²) in [4.78, 5) is 20.5. The van der Waals surface area contributed by atoms with Crippen LogP contribution in [0.25, 0.3) is 0 Å². The summed E-state index contributed by atoms with van der Waals surface area (Å²) in [6, 6.07) is -0.0230. The predicted molar refractivity (Wildman–Crippen MR) is 64.8 cm³/mol. The first-order valence-corrected chi connectivity index (χ1v) is 6.21. The molecule has 17 heavy (non-hydrogen) atoms. The number of carboxylic acid groups (broad SMARTS) is 2. The predicted octanol–water partition coefficient (Wildman–Crippen LogP) is 1.99. The normalized spacial score (nSPS) is 12.3. The van der Waals surface area contributed by atoms with Gasteiger partial charge >= 0.3 is 11.9 Å². The van der Waals surface area contributed by atoms with Crippen molar-refractivity contribution >= 4 is 11.9 Å². The standard InChI is InChI=1S/C12H23NO4/c13-10(8-9-12(16)17)6-4-2-1-3-5-7-11(14)15/h10H,1-9,13H2,(H,14,15)(H,16,17). The number of carbonyl (C=O) groups is 2. The molecule has 5 heteroatoms. The van der Waals surface area contributed by atoms with Crippen molar-refractivity contribution in [3.63, 3.8) is 0 Å². The van der Waals surface area contributed by atoms with E-state index in [1.54, 1.807) is 0 Å². The van der Waals surface area contributed by atoms with Gasteiger partial charge < -0.3 is 15.9 Å². The van der Waals surface area contributed by atoms with Gasteiger partial charge in [-0.2, -0.15) is 0 Å². The number of nitrogens with two attached hydrogens (primary N) is 1. The fraction of sp³-hybridized carbons (Fsp3) is 0.833. The van der Waals surface area contributed by atoms with Crippen molar-refractivity contribution in [2.45, 2.75) is 63.8 Å². The summed E-state index contributed by atoms with van der Waals surface area (Å²) in [5.74, 6) is -1.53. The van der Waals surface area contributed by atoms with Crippen LogP contribution in [0.5, 0.6) is 0 Å². The van der Waals surface area contributed by atoms with E-state index in [4.69, 9.17) is 15.9 Å². The SMILES string of the molecule is NC(CCCCCCCC(=O)O)CCC(=O)O.